The van der Waals surface area contributed by atoms with Gasteiger partial charge in [-0.05, 0) is 25.0 Å². The van der Waals surface area contributed by atoms with Gasteiger partial charge in [0.1, 0.15) is 11.4 Å². The lowest BCUT2D eigenvalue weighted by atomic mass is 9.97. The number of halogens is 1. The molecule has 2 aromatic rings. The zero-order valence-corrected chi connectivity index (χ0v) is 16.1. The predicted octanol–water partition coefficient (Wildman–Crippen LogP) is 3.25. The Balaban J connectivity index is 1.98. The van der Waals surface area contributed by atoms with Gasteiger partial charge in [-0.3, -0.25) is 9.78 Å². The summed E-state index contributed by atoms with van der Waals surface area (Å²) < 4.78 is 10.5. The van der Waals surface area contributed by atoms with Crippen molar-refractivity contribution >= 4 is 23.4 Å². The second-order valence-corrected chi connectivity index (χ2v) is 6.82. The summed E-state index contributed by atoms with van der Waals surface area (Å²) in [7, 11) is 3.17. The van der Waals surface area contributed by atoms with Gasteiger partial charge < -0.3 is 19.5 Å². The molecule has 0 amide bonds. The van der Waals surface area contributed by atoms with E-state index in [0.717, 1.165) is 17.1 Å². The minimum Gasteiger partial charge on any atom is -0.495 e. The lowest BCUT2D eigenvalue weighted by molar-refractivity contribution is -0.142. The van der Waals surface area contributed by atoms with Crippen molar-refractivity contribution in [2.75, 3.05) is 32.2 Å². The van der Waals surface area contributed by atoms with Crippen molar-refractivity contribution in [3.8, 4) is 17.0 Å². The number of nitrogens with zero attached hydrogens (tertiary/aromatic N) is 3. The fourth-order valence-corrected chi connectivity index (χ4v) is 3.40. The number of carbonyl (C=O) groups is 1. The Morgan fingerprint density at radius 1 is 1.33 bits per heavy atom. The van der Waals surface area contributed by atoms with Gasteiger partial charge in [0.15, 0.2) is 5.82 Å². The molecular formula is C19H22ClN3O4. The Morgan fingerprint density at radius 3 is 2.70 bits per heavy atom. The molecule has 0 unspecified atom stereocenters. The number of carboxylic acids is 1. The fourth-order valence-electron chi connectivity index (χ4n) is 3.20. The molecule has 0 atom stereocenters. The molecule has 0 aliphatic carbocycles. The molecular weight excluding hydrogens is 370 g/mol. The second kappa shape index (κ2) is 8.54. The molecule has 1 aromatic heterocycles. The van der Waals surface area contributed by atoms with Crippen LogP contribution in [0.3, 0.4) is 0 Å². The van der Waals surface area contributed by atoms with E-state index in [-0.39, 0.29) is 5.92 Å². The summed E-state index contributed by atoms with van der Waals surface area (Å²) in [6.45, 7) is 1.58. The Labute approximate surface area is 162 Å². The first-order valence-corrected chi connectivity index (χ1v) is 9.07. The molecule has 2 heterocycles. The van der Waals surface area contributed by atoms with E-state index in [1.165, 1.54) is 0 Å². The summed E-state index contributed by atoms with van der Waals surface area (Å²) >= 11 is 6.14. The van der Waals surface area contributed by atoms with Gasteiger partial charge in [0.05, 0.1) is 36.5 Å². The lowest BCUT2D eigenvalue weighted by Crippen LogP contribution is -2.37. The van der Waals surface area contributed by atoms with Crippen LogP contribution in [-0.4, -0.2) is 48.4 Å². The number of carboxylic acid groups (broad SMARTS) is 1. The second-order valence-electron chi connectivity index (χ2n) is 6.42. The maximum atomic E-state index is 11.2. The number of anilines is 1. The highest BCUT2D eigenvalue weighted by atomic mass is 35.5. The fraction of sp³-hybridized carbons (Fsp3) is 0.421. The normalized spacial score (nSPS) is 15.0. The highest BCUT2D eigenvalue weighted by Gasteiger charge is 2.27. The van der Waals surface area contributed by atoms with Crippen molar-refractivity contribution in [2.24, 2.45) is 5.92 Å². The highest BCUT2D eigenvalue weighted by Crippen LogP contribution is 2.35. The molecule has 7 nitrogen and oxygen atoms in total. The largest absolute Gasteiger partial charge is 0.495 e. The van der Waals surface area contributed by atoms with E-state index in [9.17, 15) is 9.90 Å². The molecule has 1 aliphatic heterocycles. The first kappa shape index (κ1) is 19.4. The molecule has 0 saturated carbocycles. The van der Waals surface area contributed by atoms with Gasteiger partial charge in [-0.25, -0.2) is 4.98 Å². The van der Waals surface area contributed by atoms with Crippen molar-refractivity contribution < 1.29 is 19.4 Å². The van der Waals surface area contributed by atoms with E-state index in [1.54, 1.807) is 26.5 Å². The summed E-state index contributed by atoms with van der Waals surface area (Å²) in [5.74, 6) is 0.234. The molecule has 1 aliphatic rings. The molecule has 1 aromatic carbocycles. The first-order valence-electron chi connectivity index (χ1n) is 8.70. The smallest absolute Gasteiger partial charge is 0.306 e. The number of ether oxygens (including phenoxy) is 2. The van der Waals surface area contributed by atoms with E-state index in [1.807, 2.05) is 12.1 Å². The monoisotopic (exact) mass is 391 g/mol. The third-order valence-corrected chi connectivity index (χ3v) is 4.98. The van der Waals surface area contributed by atoms with Gasteiger partial charge in [-0.1, -0.05) is 17.7 Å². The quantitative estimate of drug-likeness (QED) is 0.808. The number of hydrogen-bond donors (Lipinski definition) is 1. The number of aromatic nitrogens is 2. The first-order chi connectivity index (χ1) is 13.0. The third-order valence-electron chi connectivity index (χ3n) is 4.66. The summed E-state index contributed by atoms with van der Waals surface area (Å²) in [6.07, 6.45) is 2.84. The zero-order chi connectivity index (χ0) is 19.4. The average Bonchev–Trinajstić information content (AvgIpc) is 2.69. The van der Waals surface area contributed by atoms with E-state index in [0.29, 0.717) is 49.0 Å². The van der Waals surface area contributed by atoms with Gasteiger partial charge in [0, 0.05) is 25.8 Å². The minimum absolute atomic E-state index is 0.310. The van der Waals surface area contributed by atoms with Crippen molar-refractivity contribution in [1.29, 1.82) is 0 Å². The molecule has 0 radical (unpaired) electrons. The molecule has 1 N–H and O–H groups in total. The molecule has 27 heavy (non-hydrogen) atoms. The number of hydrogen-bond acceptors (Lipinski definition) is 6. The molecule has 144 valence electrons. The molecule has 0 spiro atoms. The van der Waals surface area contributed by atoms with E-state index >= 15 is 0 Å². The number of methoxy groups -OCH3 is 2. The van der Waals surface area contributed by atoms with Crippen LogP contribution in [0.1, 0.15) is 18.5 Å². The zero-order valence-electron chi connectivity index (χ0n) is 15.3. The van der Waals surface area contributed by atoms with Crippen molar-refractivity contribution in [1.82, 2.24) is 9.97 Å². The molecule has 1 saturated heterocycles. The predicted molar refractivity (Wildman–Crippen MR) is 102 cm³/mol. The average molecular weight is 392 g/mol. The minimum atomic E-state index is -0.739. The Bertz CT molecular complexity index is 823. The maximum Gasteiger partial charge on any atom is 0.306 e. The highest BCUT2D eigenvalue weighted by molar-refractivity contribution is 6.32. The summed E-state index contributed by atoms with van der Waals surface area (Å²) in [4.78, 5) is 22.7. The number of piperidine rings is 1. The van der Waals surface area contributed by atoms with Gasteiger partial charge in [-0.15, -0.1) is 0 Å². The van der Waals surface area contributed by atoms with Crippen LogP contribution in [0.15, 0.2) is 24.4 Å². The standard InChI is InChI=1S/C19H22ClN3O4/c1-26-11-14-10-21-17(13-3-4-15(20)16(9-13)27-2)18(22-14)23-7-5-12(6-8-23)19(24)25/h3-4,9-10,12H,5-8,11H2,1-2H3,(H,24,25). The van der Waals surface area contributed by atoms with E-state index < -0.39 is 5.97 Å². The van der Waals surface area contributed by atoms with Crippen LogP contribution in [0.25, 0.3) is 11.3 Å². The lowest BCUT2D eigenvalue weighted by Gasteiger charge is -2.32. The van der Waals surface area contributed by atoms with Crippen molar-refractivity contribution in [3.05, 3.63) is 35.1 Å². The van der Waals surface area contributed by atoms with Gasteiger partial charge in [-0.2, -0.15) is 0 Å². The Kier molecular flexibility index (Phi) is 6.13. The number of benzene rings is 1. The van der Waals surface area contributed by atoms with Gasteiger partial charge in [0.25, 0.3) is 0 Å². The van der Waals surface area contributed by atoms with E-state index in [2.05, 4.69) is 9.88 Å². The van der Waals surface area contributed by atoms with Crippen molar-refractivity contribution in [2.45, 2.75) is 19.4 Å². The van der Waals surface area contributed by atoms with Gasteiger partial charge in [0.2, 0.25) is 0 Å². The summed E-state index contributed by atoms with van der Waals surface area (Å²) in [5, 5.41) is 9.76. The topological polar surface area (TPSA) is 84.8 Å². The summed E-state index contributed by atoms with van der Waals surface area (Å²) in [6, 6.07) is 5.47. The molecule has 3 rings (SSSR count). The van der Waals surface area contributed by atoms with Crippen LogP contribution >= 0.6 is 11.6 Å². The van der Waals surface area contributed by atoms with Crippen LogP contribution in [0.2, 0.25) is 5.02 Å². The number of rotatable bonds is 6. The molecule has 8 heteroatoms. The van der Waals surface area contributed by atoms with Gasteiger partial charge >= 0.3 is 5.97 Å². The Morgan fingerprint density at radius 2 is 2.07 bits per heavy atom. The Hall–Kier alpha value is -2.38. The van der Waals surface area contributed by atoms with Crippen LogP contribution in [-0.2, 0) is 16.1 Å². The number of aliphatic carboxylic acids is 1. The summed E-state index contributed by atoms with van der Waals surface area (Å²) in [5.41, 5.74) is 2.26. The third kappa shape index (κ3) is 4.31. The van der Waals surface area contributed by atoms with Crippen LogP contribution in [0, 0.1) is 5.92 Å². The molecule has 0 bridgehead atoms. The molecule has 1 fully saturated rings. The van der Waals surface area contributed by atoms with Crippen LogP contribution in [0.4, 0.5) is 5.82 Å². The van der Waals surface area contributed by atoms with Crippen LogP contribution < -0.4 is 9.64 Å². The van der Waals surface area contributed by atoms with Crippen LogP contribution in [0.5, 0.6) is 5.75 Å². The SMILES string of the molecule is COCc1cnc(-c2ccc(Cl)c(OC)c2)c(N2CCC(C(=O)O)CC2)n1. The van der Waals surface area contributed by atoms with E-state index in [4.69, 9.17) is 26.1 Å². The van der Waals surface area contributed by atoms with Crippen molar-refractivity contribution in [3.63, 3.8) is 0 Å². The maximum absolute atomic E-state index is 11.2.